The number of nitrogens with zero attached hydrogens (tertiary/aromatic N) is 2. The average Bonchev–Trinajstić information content (AvgIpc) is 3.14. The topological polar surface area (TPSA) is 93.2 Å². The van der Waals surface area contributed by atoms with Gasteiger partial charge in [0.15, 0.2) is 6.04 Å². The normalized spacial score (nSPS) is 25.3. The van der Waals surface area contributed by atoms with E-state index in [0.717, 1.165) is 5.56 Å². The zero-order valence-corrected chi connectivity index (χ0v) is 13.9. The lowest BCUT2D eigenvalue weighted by Gasteiger charge is -2.21. The molecule has 1 aromatic carbocycles. The number of esters is 1. The maximum absolute atomic E-state index is 12.6. The smallest absolute Gasteiger partial charge is 0.425 e. The van der Waals surface area contributed by atoms with Crippen LogP contribution in [0.3, 0.4) is 0 Å². The monoisotopic (exact) mass is 354 g/mol. The molecule has 1 amide bonds. The van der Waals surface area contributed by atoms with Crippen molar-refractivity contribution in [1.82, 2.24) is 8.61 Å². The van der Waals surface area contributed by atoms with Gasteiger partial charge in [-0.15, -0.1) is 0 Å². The predicted molar refractivity (Wildman–Crippen MR) is 82.9 cm³/mol. The highest BCUT2D eigenvalue weighted by Gasteiger charge is 2.59. The second-order valence-corrected chi connectivity index (χ2v) is 7.39. The van der Waals surface area contributed by atoms with Crippen LogP contribution in [0.2, 0.25) is 0 Å². The fourth-order valence-corrected chi connectivity index (χ4v) is 5.05. The maximum atomic E-state index is 12.6. The molecule has 0 bridgehead atoms. The molecule has 0 radical (unpaired) electrons. The summed E-state index contributed by atoms with van der Waals surface area (Å²) in [6.07, 6.45) is 0.0785. The van der Waals surface area contributed by atoms with Gasteiger partial charge in [-0.2, -0.15) is 17.0 Å². The minimum atomic E-state index is -4.08. The van der Waals surface area contributed by atoms with E-state index in [4.69, 9.17) is 9.47 Å². The Morgan fingerprint density at radius 1 is 1.25 bits per heavy atom. The highest BCUT2D eigenvalue weighted by molar-refractivity contribution is 7.87. The first-order valence-corrected chi connectivity index (χ1v) is 8.96. The summed E-state index contributed by atoms with van der Waals surface area (Å²) in [7, 11) is -2.91. The van der Waals surface area contributed by atoms with E-state index in [1.165, 1.54) is 11.4 Å². The van der Waals surface area contributed by atoms with Gasteiger partial charge in [-0.1, -0.05) is 30.3 Å². The molecule has 8 nitrogen and oxygen atoms in total. The minimum absolute atomic E-state index is 0.0791. The Balaban J connectivity index is 1.83. The van der Waals surface area contributed by atoms with Gasteiger partial charge < -0.3 is 9.47 Å². The molecule has 1 aromatic rings. The SMILES string of the molecule is COC(=O)[C@H]1[C@@H]2CCCN2S(=O)(=O)N1C(=O)OCc1ccccc1. The third-order valence-corrected chi connectivity index (χ3v) is 6.16. The number of ether oxygens (including phenoxy) is 2. The van der Waals surface area contributed by atoms with Gasteiger partial charge in [0.2, 0.25) is 0 Å². The standard InChI is InChI=1S/C15H18N2O6S/c1-22-14(18)13-12-8-5-9-16(12)24(20,21)17(13)15(19)23-10-11-6-3-2-4-7-11/h2-4,6-7,12-13H,5,8-10H2,1H3/t12-,13+/m0/s1. The molecular formula is C15H18N2O6S. The molecule has 2 heterocycles. The van der Waals surface area contributed by atoms with E-state index in [1.807, 2.05) is 6.07 Å². The second-order valence-electron chi connectivity index (χ2n) is 5.63. The number of fused-ring (bicyclic) bond motifs is 1. The molecule has 0 aromatic heterocycles. The third kappa shape index (κ3) is 2.73. The Kier molecular flexibility index (Phi) is 4.46. The van der Waals surface area contributed by atoms with Crippen molar-refractivity contribution in [1.29, 1.82) is 0 Å². The number of amides is 1. The minimum Gasteiger partial charge on any atom is -0.467 e. The lowest BCUT2D eigenvalue weighted by atomic mass is 10.1. The van der Waals surface area contributed by atoms with Crippen LogP contribution in [-0.4, -0.2) is 54.8 Å². The van der Waals surface area contributed by atoms with Crippen LogP contribution >= 0.6 is 0 Å². The van der Waals surface area contributed by atoms with E-state index in [2.05, 4.69) is 0 Å². The first-order chi connectivity index (χ1) is 11.5. The molecule has 0 aliphatic carbocycles. The van der Waals surface area contributed by atoms with E-state index in [1.54, 1.807) is 24.3 Å². The van der Waals surface area contributed by atoms with Gasteiger partial charge in [-0.3, -0.25) is 0 Å². The largest absolute Gasteiger partial charge is 0.467 e. The molecule has 2 aliphatic rings. The van der Waals surface area contributed by atoms with Gasteiger partial charge >= 0.3 is 22.3 Å². The van der Waals surface area contributed by atoms with Crippen molar-refractivity contribution in [3.8, 4) is 0 Å². The first-order valence-electron chi connectivity index (χ1n) is 7.56. The van der Waals surface area contributed by atoms with Crippen molar-refractivity contribution in [3.63, 3.8) is 0 Å². The van der Waals surface area contributed by atoms with Crippen molar-refractivity contribution in [2.45, 2.75) is 31.5 Å². The Bertz CT molecular complexity index is 736. The van der Waals surface area contributed by atoms with E-state index in [-0.39, 0.29) is 13.2 Å². The molecular weight excluding hydrogens is 336 g/mol. The van der Waals surface area contributed by atoms with E-state index in [0.29, 0.717) is 17.1 Å². The molecule has 0 spiro atoms. The van der Waals surface area contributed by atoms with Gasteiger partial charge in [0.1, 0.15) is 6.61 Å². The number of hydrogen-bond acceptors (Lipinski definition) is 6. The molecule has 2 saturated heterocycles. The highest BCUT2D eigenvalue weighted by atomic mass is 32.2. The Morgan fingerprint density at radius 3 is 2.62 bits per heavy atom. The molecule has 9 heteroatoms. The van der Waals surface area contributed by atoms with Crippen LogP contribution in [0.5, 0.6) is 0 Å². The van der Waals surface area contributed by atoms with Crippen molar-refractivity contribution in [2.24, 2.45) is 0 Å². The molecule has 130 valence electrons. The third-order valence-electron chi connectivity index (χ3n) is 4.24. The summed E-state index contributed by atoms with van der Waals surface area (Å²) in [5.74, 6) is -0.760. The predicted octanol–water partition coefficient (Wildman–Crippen LogP) is 0.890. The number of carbonyl (C=O) groups excluding carboxylic acids is 2. The zero-order chi connectivity index (χ0) is 17.3. The summed E-state index contributed by atoms with van der Waals surface area (Å²) in [6, 6.07) is 7.09. The zero-order valence-electron chi connectivity index (χ0n) is 13.1. The van der Waals surface area contributed by atoms with Crippen molar-refractivity contribution >= 4 is 22.3 Å². The Labute approximate surface area is 140 Å². The summed E-state index contributed by atoms with van der Waals surface area (Å²) < 4.78 is 36.7. The van der Waals surface area contributed by atoms with Crippen LogP contribution in [0.1, 0.15) is 18.4 Å². The first kappa shape index (κ1) is 16.7. The van der Waals surface area contributed by atoms with Crippen LogP contribution in [-0.2, 0) is 31.1 Å². The van der Waals surface area contributed by atoms with Crippen LogP contribution in [0, 0.1) is 0 Å². The van der Waals surface area contributed by atoms with Gasteiger partial charge in [0.05, 0.1) is 13.2 Å². The van der Waals surface area contributed by atoms with Gasteiger partial charge in [0, 0.05) is 6.54 Å². The molecule has 2 atom stereocenters. The lowest BCUT2D eigenvalue weighted by molar-refractivity contribution is -0.145. The van der Waals surface area contributed by atoms with Gasteiger partial charge in [-0.05, 0) is 18.4 Å². The van der Waals surface area contributed by atoms with E-state index in [9.17, 15) is 18.0 Å². The van der Waals surface area contributed by atoms with Crippen LogP contribution < -0.4 is 0 Å². The number of hydrogen-bond donors (Lipinski definition) is 0. The summed E-state index contributed by atoms with van der Waals surface area (Å²) in [4.78, 5) is 24.5. The fraction of sp³-hybridized carbons (Fsp3) is 0.467. The molecule has 24 heavy (non-hydrogen) atoms. The number of methoxy groups -OCH3 is 1. The summed E-state index contributed by atoms with van der Waals surface area (Å²) in [5, 5.41) is 0. The average molecular weight is 354 g/mol. The van der Waals surface area contributed by atoms with E-state index >= 15 is 0 Å². The molecule has 2 aliphatic heterocycles. The molecule has 0 unspecified atom stereocenters. The molecule has 2 fully saturated rings. The summed E-state index contributed by atoms with van der Waals surface area (Å²) in [6.45, 7) is 0.202. The van der Waals surface area contributed by atoms with Crippen LogP contribution in [0.4, 0.5) is 4.79 Å². The number of benzene rings is 1. The van der Waals surface area contributed by atoms with Crippen molar-refractivity contribution < 1.29 is 27.5 Å². The fourth-order valence-electron chi connectivity index (χ4n) is 3.14. The number of carbonyl (C=O) groups is 2. The van der Waals surface area contributed by atoms with Crippen molar-refractivity contribution in [2.75, 3.05) is 13.7 Å². The lowest BCUT2D eigenvalue weighted by Crippen LogP contribution is -2.47. The Hall–Kier alpha value is -2.13. The second kappa shape index (κ2) is 6.40. The highest BCUT2D eigenvalue weighted by Crippen LogP contribution is 2.36. The van der Waals surface area contributed by atoms with E-state index < -0.39 is 34.4 Å². The Morgan fingerprint density at radius 2 is 1.96 bits per heavy atom. The summed E-state index contributed by atoms with van der Waals surface area (Å²) >= 11 is 0. The molecule has 3 rings (SSSR count). The molecule has 0 N–H and O–H groups in total. The van der Waals surface area contributed by atoms with Gasteiger partial charge in [0.25, 0.3) is 0 Å². The molecule has 0 saturated carbocycles. The van der Waals surface area contributed by atoms with Crippen LogP contribution in [0.15, 0.2) is 30.3 Å². The summed E-state index contributed by atoms with van der Waals surface area (Å²) in [5.41, 5.74) is 0.720. The quantitative estimate of drug-likeness (QED) is 0.749. The van der Waals surface area contributed by atoms with Crippen LogP contribution in [0.25, 0.3) is 0 Å². The van der Waals surface area contributed by atoms with Crippen molar-refractivity contribution in [3.05, 3.63) is 35.9 Å². The van der Waals surface area contributed by atoms with Gasteiger partial charge in [-0.25, -0.2) is 9.59 Å². The maximum Gasteiger partial charge on any atom is 0.425 e. The number of rotatable bonds is 3.